The summed E-state index contributed by atoms with van der Waals surface area (Å²) in [7, 11) is 0. The second-order valence-electron chi connectivity index (χ2n) is 12.4. The Morgan fingerprint density at radius 1 is 1.24 bits per heavy atom. The molecular formula is C30H52N2O2. The van der Waals surface area contributed by atoms with E-state index in [1.54, 1.807) is 0 Å². The van der Waals surface area contributed by atoms with E-state index >= 15 is 0 Å². The van der Waals surface area contributed by atoms with E-state index in [2.05, 4.69) is 46.0 Å². The molecule has 3 fully saturated rings. The van der Waals surface area contributed by atoms with Gasteiger partial charge in [0.2, 0.25) is 0 Å². The molecule has 0 aliphatic heterocycles. The Bertz CT molecular complexity index is 717. The van der Waals surface area contributed by atoms with Gasteiger partial charge < -0.3 is 15.5 Å². The summed E-state index contributed by atoms with van der Waals surface area (Å²) in [6, 6.07) is 0. The number of ether oxygens (including phenoxy) is 1. The number of fused-ring (bicyclic) bond motifs is 1. The number of rotatable bonds is 12. The summed E-state index contributed by atoms with van der Waals surface area (Å²) in [6.45, 7) is 12.0. The van der Waals surface area contributed by atoms with Crippen molar-refractivity contribution in [1.82, 2.24) is 5.32 Å². The molecule has 4 nitrogen and oxygen atoms in total. The summed E-state index contributed by atoms with van der Waals surface area (Å²) >= 11 is 0. The topological polar surface area (TPSA) is 62.2 Å². The lowest BCUT2D eigenvalue weighted by molar-refractivity contribution is -0.0646. The molecule has 0 aromatic carbocycles. The van der Waals surface area contributed by atoms with E-state index in [1.807, 2.05) is 0 Å². The van der Waals surface area contributed by atoms with Crippen LogP contribution in [0.15, 0.2) is 11.6 Å². The third-order valence-electron chi connectivity index (χ3n) is 10.0. The first kappa shape index (κ1) is 27.3. The largest absolute Gasteiger partial charge is 0.446 e. The van der Waals surface area contributed by atoms with Gasteiger partial charge in [-0.05, 0) is 86.4 Å². The molecule has 34 heavy (non-hydrogen) atoms. The molecule has 0 bridgehead atoms. The van der Waals surface area contributed by atoms with Crippen molar-refractivity contribution in [3.63, 3.8) is 0 Å². The Hall–Kier alpha value is -1.32. The van der Waals surface area contributed by atoms with Gasteiger partial charge in [0.1, 0.15) is 6.10 Å². The molecule has 0 saturated heterocycles. The third-order valence-corrected chi connectivity index (χ3v) is 10.0. The lowest BCUT2D eigenvalue weighted by Crippen LogP contribution is -2.48. The number of alkyl carbamates (subject to hydrolysis) is 1. The predicted molar refractivity (Wildman–Crippen MR) is 142 cm³/mol. The highest BCUT2D eigenvalue weighted by Crippen LogP contribution is 2.68. The van der Waals surface area contributed by atoms with Gasteiger partial charge in [-0.3, -0.25) is 0 Å². The Morgan fingerprint density at radius 3 is 2.71 bits per heavy atom. The molecule has 2 N–H and O–H groups in total. The van der Waals surface area contributed by atoms with Crippen LogP contribution in [0.4, 0.5) is 4.79 Å². The zero-order valence-electron chi connectivity index (χ0n) is 22.8. The molecule has 1 amide bonds. The molecule has 3 aliphatic carbocycles. The number of carbonyl (C=O) groups excluding carboxylic acids is 1. The highest BCUT2D eigenvalue weighted by Gasteiger charge is 2.59. The molecule has 0 aromatic rings. The Morgan fingerprint density at radius 2 is 2.03 bits per heavy atom. The van der Waals surface area contributed by atoms with Crippen molar-refractivity contribution in [2.24, 2.45) is 34.5 Å². The van der Waals surface area contributed by atoms with Crippen LogP contribution in [0.3, 0.4) is 0 Å². The summed E-state index contributed by atoms with van der Waals surface area (Å²) in [6.07, 6.45) is 20.1. The second-order valence-corrected chi connectivity index (χ2v) is 12.4. The zero-order valence-corrected chi connectivity index (χ0v) is 22.8. The lowest BCUT2D eigenvalue weighted by atomic mass is 9.49. The number of hydrogen-bond acceptors (Lipinski definition) is 3. The van der Waals surface area contributed by atoms with E-state index in [0.717, 1.165) is 42.9 Å². The molecule has 194 valence electrons. The van der Waals surface area contributed by atoms with Crippen LogP contribution in [-0.2, 0) is 4.74 Å². The van der Waals surface area contributed by atoms with Crippen molar-refractivity contribution < 1.29 is 9.53 Å². The minimum Gasteiger partial charge on any atom is -0.446 e. The van der Waals surface area contributed by atoms with Gasteiger partial charge in [-0.25, -0.2) is 4.79 Å². The summed E-state index contributed by atoms with van der Waals surface area (Å²) in [5, 5.41) is 9.68. The Balaban J connectivity index is 1.52. The average Bonchev–Trinajstić information content (AvgIpc) is 3.07. The number of nitrogens with one attached hydrogen (secondary N) is 2. The smallest absolute Gasteiger partial charge is 0.407 e. The zero-order chi connectivity index (χ0) is 24.8. The van der Waals surface area contributed by atoms with Crippen LogP contribution in [-0.4, -0.2) is 25.0 Å². The average molecular weight is 473 g/mol. The van der Waals surface area contributed by atoms with Crippen molar-refractivity contribution in [1.29, 1.82) is 5.41 Å². The van der Waals surface area contributed by atoms with E-state index in [1.165, 1.54) is 76.0 Å². The molecule has 3 rings (SSSR count). The van der Waals surface area contributed by atoms with E-state index in [0.29, 0.717) is 5.41 Å². The minimum absolute atomic E-state index is 0.0366. The summed E-state index contributed by atoms with van der Waals surface area (Å²) in [4.78, 5) is 11.9. The van der Waals surface area contributed by atoms with Crippen LogP contribution in [0.25, 0.3) is 0 Å². The maximum atomic E-state index is 11.9. The number of allylic oxidation sites excluding steroid dienone is 1. The molecule has 0 spiro atoms. The fraction of sp³-hybridized carbons (Fsp3) is 0.867. The molecule has 1 unspecified atom stereocenters. The molecule has 3 aliphatic rings. The molecule has 3 saturated carbocycles. The first-order chi connectivity index (χ1) is 16.3. The van der Waals surface area contributed by atoms with Gasteiger partial charge in [0.05, 0.1) is 6.54 Å². The van der Waals surface area contributed by atoms with Gasteiger partial charge in [0, 0.05) is 12.6 Å². The van der Waals surface area contributed by atoms with E-state index in [9.17, 15) is 4.79 Å². The predicted octanol–water partition coefficient (Wildman–Crippen LogP) is 8.31. The van der Waals surface area contributed by atoms with Crippen molar-refractivity contribution in [3.05, 3.63) is 11.6 Å². The molecule has 0 heterocycles. The highest BCUT2D eigenvalue weighted by molar-refractivity contribution is 5.71. The van der Waals surface area contributed by atoms with E-state index in [4.69, 9.17) is 10.1 Å². The number of amides is 1. The van der Waals surface area contributed by atoms with Crippen molar-refractivity contribution in [2.75, 3.05) is 6.54 Å². The maximum Gasteiger partial charge on any atom is 0.407 e. The van der Waals surface area contributed by atoms with Crippen LogP contribution in [0, 0.1) is 39.9 Å². The van der Waals surface area contributed by atoms with Gasteiger partial charge in [-0.15, -0.1) is 0 Å². The Labute approximate surface area is 209 Å². The van der Waals surface area contributed by atoms with Gasteiger partial charge in [-0.1, -0.05) is 71.4 Å². The summed E-state index contributed by atoms with van der Waals surface area (Å²) < 4.78 is 5.64. The fourth-order valence-corrected chi connectivity index (χ4v) is 8.17. The summed E-state index contributed by atoms with van der Waals surface area (Å²) in [5.41, 5.74) is 2.36. The molecule has 6 atom stereocenters. The normalized spacial score (nSPS) is 36.2. The van der Waals surface area contributed by atoms with Crippen LogP contribution in [0.5, 0.6) is 0 Å². The van der Waals surface area contributed by atoms with Gasteiger partial charge in [0.15, 0.2) is 0 Å². The first-order valence-electron chi connectivity index (χ1n) is 14.4. The van der Waals surface area contributed by atoms with Crippen molar-refractivity contribution >= 4 is 12.3 Å². The van der Waals surface area contributed by atoms with Gasteiger partial charge >= 0.3 is 6.09 Å². The SMILES string of the molecule is C/C=C1/C[C@@H](OC(=O)NCC=N)CC[C@]1(C)CCC[C@]12CC(CCCC(C)C)[C@H]1CC[C@H]2CC. The quantitative estimate of drug-likeness (QED) is 0.221. The number of hydrogen-bond donors (Lipinski definition) is 2. The maximum absolute atomic E-state index is 11.9. The van der Waals surface area contributed by atoms with Gasteiger partial charge in [-0.2, -0.15) is 0 Å². The van der Waals surface area contributed by atoms with Crippen LogP contribution >= 0.6 is 0 Å². The molecule has 0 radical (unpaired) electrons. The molecular weight excluding hydrogens is 420 g/mol. The lowest BCUT2D eigenvalue weighted by Gasteiger charge is -2.56. The summed E-state index contributed by atoms with van der Waals surface area (Å²) in [5.74, 6) is 3.80. The Kier molecular flexibility index (Phi) is 9.69. The van der Waals surface area contributed by atoms with Crippen LogP contribution in [0.1, 0.15) is 118 Å². The molecule has 0 aromatic heterocycles. The standard InChI is InChI=1S/C30H52N2O2/c1-6-24-12-13-27-23(11-8-10-22(3)4)21-30(24,27)16-9-15-29(5)17-14-26(20-25(29)7-2)34-28(33)32-19-18-31/h7,18,22-24,26-27,31H,6,8-17,19-21H2,1-5H3,(H,32,33)/b25-7-,31-18?/t23?,24-,26+,27-,29+,30-/m1/s1. The van der Waals surface area contributed by atoms with E-state index in [-0.39, 0.29) is 18.1 Å². The number of carbonyl (C=O) groups is 1. The molecule has 4 heteroatoms. The van der Waals surface area contributed by atoms with Crippen LogP contribution < -0.4 is 5.32 Å². The van der Waals surface area contributed by atoms with Crippen LogP contribution in [0.2, 0.25) is 0 Å². The monoisotopic (exact) mass is 472 g/mol. The van der Waals surface area contributed by atoms with Crippen molar-refractivity contribution in [2.45, 2.75) is 124 Å². The fourth-order valence-electron chi connectivity index (χ4n) is 8.17. The second kappa shape index (κ2) is 12.1. The minimum atomic E-state index is -0.391. The van der Waals surface area contributed by atoms with Gasteiger partial charge in [0.25, 0.3) is 0 Å². The van der Waals surface area contributed by atoms with E-state index < -0.39 is 6.09 Å². The highest BCUT2D eigenvalue weighted by atomic mass is 16.6. The first-order valence-corrected chi connectivity index (χ1v) is 14.4. The third kappa shape index (κ3) is 6.08. The van der Waals surface area contributed by atoms with Crippen molar-refractivity contribution in [3.8, 4) is 0 Å².